The Kier molecular flexibility index (Phi) is 4.34. The van der Waals surface area contributed by atoms with Gasteiger partial charge in [-0.15, -0.1) is 0 Å². The predicted molar refractivity (Wildman–Crippen MR) is 82.8 cm³/mol. The quantitative estimate of drug-likeness (QED) is 0.740. The summed E-state index contributed by atoms with van der Waals surface area (Å²) in [5.41, 5.74) is 5.28. The van der Waals surface area contributed by atoms with E-state index in [0.717, 1.165) is 12.1 Å². The molecule has 0 saturated heterocycles. The number of nitrogens with two attached hydrogens (primary N) is 1. The van der Waals surface area contributed by atoms with Gasteiger partial charge in [0, 0.05) is 5.56 Å². The summed E-state index contributed by atoms with van der Waals surface area (Å²) in [5, 5.41) is 9.27. The van der Waals surface area contributed by atoms with E-state index in [4.69, 9.17) is 14.9 Å². The van der Waals surface area contributed by atoms with Crippen LogP contribution in [-0.4, -0.2) is 16.0 Å². The van der Waals surface area contributed by atoms with E-state index in [0.29, 0.717) is 11.3 Å². The number of oxazole rings is 1. The number of halogens is 2. The lowest BCUT2D eigenvalue weighted by Gasteiger charge is -2.08. The molecule has 0 radical (unpaired) electrons. The number of phenols is 1. The molecule has 1 amide bonds. The molecular formula is C17H12F2N2O4. The summed E-state index contributed by atoms with van der Waals surface area (Å²) < 4.78 is 37.9. The smallest absolute Gasteiger partial charge is 0.254 e. The lowest BCUT2D eigenvalue weighted by Crippen LogP contribution is -2.16. The minimum absolute atomic E-state index is 0.118. The highest BCUT2D eigenvalue weighted by molar-refractivity contribution is 5.93. The molecule has 0 aliphatic rings. The second kappa shape index (κ2) is 6.60. The number of phenolic OH excluding ortho intramolecular Hbond substituents is 1. The minimum atomic E-state index is -1.23. The molecule has 3 rings (SSSR count). The molecule has 128 valence electrons. The Hall–Kier alpha value is -3.42. The number of carbonyl (C=O) groups is 1. The van der Waals surface area contributed by atoms with Gasteiger partial charge in [0.25, 0.3) is 5.91 Å². The van der Waals surface area contributed by atoms with Crippen LogP contribution < -0.4 is 10.5 Å². The van der Waals surface area contributed by atoms with Crippen molar-refractivity contribution in [1.82, 2.24) is 4.98 Å². The molecule has 0 aliphatic heterocycles. The molecule has 6 nitrogen and oxygen atoms in total. The molecule has 0 fully saturated rings. The van der Waals surface area contributed by atoms with Crippen LogP contribution in [0.2, 0.25) is 0 Å². The van der Waals surface area contributed by atoms with Crippen LogP contribution in [0.25, 0.3) is 11.3 Å². The number of primary amides is 1. The van der Waals surface area contributed by atoms with Crippen LogP contribution in [0.3, 0.4) is 0 Å². The Balaban J connectivity index is 1.76. The van der Waals surface area contributed by atoms with Gasteiger partial charge in [-0.1, -0.05) is 0 Å². The number of ether oxygens (including phenoxy) is 1. The van der Waals surface area contributed by atoms with Gasteiger partial charge >= 0.3 is 0 Å². The van der Waals surface area contributed by atoms with E-state index >= 15 is 0 Å². The normalized spacial score (nSPS) is 10.6. The van der Waals surface area contributed by atoms with Gasteiger partial charge in [0.2, 0.25) is 5.89 Å². The first-order chi connectivity index (χ1) is 12.0. The average molecular weight is 346 g/mol. The maximum absolute atomic E-state index is 14.1. The number of hydrogen-bond acceptors (Lipinski definition) is 5. The summed E-state index contributed by atoms with van der Waals surface area (Å²) in [5.74, 6) is -3.56. The van der Waals surface area contributed by atoms with Crippen LogP contribution in [0.1, 0.15) is 16.2 Å². The third-order valence-corrected chi connectivity index (χ3v) is 3.37. The van der Waals surface area contributed by atoms with Gasteiger partial charge in [-0.05, 0) is 36.4 Å². The highest BCUT2D eigenvalue weighted by Crippen LogP contribution is 2.25. The molecular weight excluding hydrogens is 334 g/mol. The summed E-state index contributed by atoms with van der Waals surface area (Å²) in [6.45, 7) is -0.237. The summed E-state index contributed by atoms with van der Waals surface area (Å²) >= 11 is 0. The Labute approximate surface area is 140 Å². The number of hydrogen-bond donors (Lipinski definition) is 2. The standard InChI is InChI=1S/C17H12F2N2O4/c18-11-5-6-13(16(19)15(11)17(20)23)24-8-14-21-12(7-25-14)9-1-3-10(22)4-2-9/h1-7,22H,8H2,(H2,20,23). The fraction of sp³-hybridized carbons (Fsp3) is 0.0588. The van der Waals surface area contributed by atoms with Crippen molar-refractivity contribution in [3.63, 3.8) is 0 Å². The number of carbonyl (C=O) groups excluding carboxylic acids is 1. The molecule has 3 N–H and O–H groups in total. The van der Waals surface area contributed by atoms with Gasteiger partial charge in [0.05, 0.1) is 0 Å². The molecule has 25 heavy (non-hydrogen) atoms. The molecule has 0 aliphatic carbocycles. The number of amides is 1. The molecule has 3 aromatic rings. The molecule has 2 aromatic carbocycles. The average Bonchev–Trinajstić information content (AvgIpc) is 3.03. The first-order valence-electron chi connectivity index (χ1n) is 7.10. The van der Waals surface area contributed by atoms with Crippen molar-refractivity contribution in [2.75, 3.05) is 0 Å². The zero-order valence-corrected chi connectivity index (χ0v) is 12.7. The topological polar surface area (TPSA) is 98.6 Å². The van der Waals surface area contributed by atoms with Gasteiger partial charge in [-0.2, -0.15) is 0 Å². The monoisotopic (exact) mass is 346 g/mol. The van der Waals surface area contributed by atoms with Crippen LogP contribution >= 0.6 is 0 Å². The third-order valence-electron chi connectivity index (χ3n) is 3.37. The Morgan fingerprint density at radius 3 is 2.60 bits per heavy atom. The van der Waals surface area contributed by atoms with Crippen molar-refractivity contribution >= 4 is 5.91 Å². The maximum Gasteiger partial charge on any atom is 0.254 e. The Bertz CT molecular complexity index is 923. The van der Waals surface area contributed by atoms with Gasteiger partial charge in [-0.3, -0.25) is 4.79 Å². The van der Waals surface area contributed by atoms with Crippen LogP contribution in [0, 0.1) is 11.6 Å². The predicted octanol–water partition coefficient (Wildman–Crippen LogP) is 3.00. The van der Waals surface area contributed by atoms with Crippen molar-refractivity contribution in [1.29, 1.82) is 0 Å². The van der Waals surface area contributed by atoms with E-state index in [1.165, 1.54) is 18.4 Å². The van der Waals surface area contributed by atoms with Crippen LogP contribution in [0.4, 0.5) is 8.78 Å². The summed E-state index contributed by atoms with van der Waals surface area (Å²) in [6.07, 6.45) is 1.38. The second-order valence-electron chi connectivity index (χ2n) is 5.06. The fourth-order valence-corrected chi connectivity index (χ4v) is 2.15. The Morgan fingerprint density at radius 2 is 1.92 bits per heavy atom. The first kappa shape index (κ1) is 16.4. The Morgan fingerprint density at radius 1 is 1.20 bits per heavy atom. The number of rotatable bonds is 5. The van der Waals surface area contributed by atoms with Crippen molar-refractivity contribution in [2.24, 2.45) is 5.73 Å². The lowest BCUT2D eigenvalue weighted by atomic mass is 10.1. The SMILES string of the molecule is NC(=O)c1c(F)ccc(OCc2nc(-c3ccc(O)cc3)co2)c1F. The zero-order chi connectivity index (χ0) is 18.0. The molecule has 0 spiro atoms. The van der Waals surface area contributed by atoms with E-state index < -0.39 is 23.1 Å². The van der Waals surface area contributed by atoms with E-state index in [1.807, 2.05) is 0 Å². The third kappa shape index (κ3) is 3.42. The molecule has 0 unspecified atom stereocenters. The molecule has 0 atom stereocenters. The zero-order valence-electron chi connectivity index (χ0n) is 12.7. The van der Waals surface area contributed by atoms with Crippen molar-refractivity contribution < 1.29 is 27.8 Å². The fourth-order valence-electron chi connectivity index (χ4n) is 2.15. The van der Waals surface area contributed by atoms with Crippen molar-refractivity contribution in [3.05, 3.63) is 65.7 Å². The highest BCUT2D eigenvalue weighted by atomic mass is 19.1. The highest BCUT2D eigenvalue weighted by Gasteiger charge is 2.19. The van der Waals surface area contributed by atoms with Gasteiger partial charge in [0.1, 0.15) is 29.1 Å². The van der Waals surface area contributed by atoms with Crippen LogP contribution in [-0.2, 0) is 6.61 Å². The number of nitrogens with zero attached hydrogens (tertiary/aromatic N) is 1. The molecule has 0 saturated carbocycles. The van der Waals surface area contributed by atoms with Crippen LogP contribution in [0.15, 0.2) is 47.1 Å². The molecule has 1 aromatic heterocycles. The van der Waals surface area contributed by atoms with E-state index in [1.54, 1.807) is 12.1 Å². The van der Waals surface area contributed by atoms with Gasteiger partial charge < -0.3 is 20.0 Å². The van der Waals surface area contributed by atoms with E-state index in [2.05, 4.69) is 4.98 Å². The summed E-state index contributed by atoms with van der Waals surface area (Å²) in [7, 11) is 0. The number of benzene rings is 2. The van der Waals surface area contributed by atoms with E-state index in [-0.39, 0.29) is 24.0 Å². The molecule has 1 heterocycles. The first-order valence-corrected chi connectivity index (χ1v) is 7.10. The largest absolute Gasteiger partial charge is 0.508 e. The van der Waals surface area contributed by atoms with Crippen molar-refractivity contribution in [2.45, 2.75) is 6.61 Å². The van der Waals surface area contributed by atoms with Gasteiger partial charge in [-0.25, -0.2) is 13.8 Å². The maximum atomic E-state index is 14.1. The summed E-state index contributed by atoms with van der Waals surface area (Å²) in [4.78, 5) is 15.3. The molecule has 0 bridgehead atoms. The van der Waals surface area contributed by atoms with Crippen molar-refractivity contribution in [3.8, 4) is 22.8 Å². The number of aromatic nitrogens is 1. The lowest BCUT2D eigenvalue weighted by molar-refractivity contribution is 0.0991. The van der Waals surface area contributed by atoms with E-state index in [9.17, 15) is 18.7 Å². The van der Waals surface area contributed by atoms with Gasteiger partial charge in [0.15, 0.2) is 18.2 Å². The minimum Gasteiger partial charge on any atom is -0.508 e. The molecule has 8 heteroatoms. The number of aromatic hydroxyl groups is 1. The summed E-state index contributed by atoms with van der Waals surface area (Å²) in [6, 6.07) is 8.23. The second-order valence-corrected chi connectivity index (χ2v) is 5.06. The van der Waals surface area contributed by atoms with Crippen LogP contribution in [0.5, 0.6) is 11.5 Å².